The van der Waals surface area contributed by atoms with Gasteiger partial charge in [-0.2, -0.15) is 10.5 Å². The number of nitriles is 2. The molecule has 0 heterocycles. The van der Waals surface area contributed by atoms with E-state index in [0.717, 1.165) is 66.8 Å². The van der Waals surface area contributed by atoms with E-state index in [0.29, 0.717) is 22.3 Å². The van der Waals surface area contributed by atoms with E-state index in [1.165, 1.54) is 0 Å². The van der Waals surface area contributed by atoms with Gasteiger partial charge in [0.1, 0.15) is 12.1 Å². The molecule has 2 nitrogen and oxygen atoms in total. The number of allylic oxidation sites excluding steroid dienone is 2. The average Bonchev–Trinajstić information content (AvgIpc) is 3.31. The Morgan fingerprint density at radius 1 is 0.207 bits per heavy atom. The number of hydrogen-bond acceptors (Lipinski definition) is 2. The third kappa shape index (κ3) is 7.87. The minimum Gasteiger partial charge on any atom is -0.192 e. The molecule has 0 amide bonds. The van der Waals surface area contributed by atoms with Gasteiger partial charge in [0.25, 0.3) is 0 Å². The molecule has 0 bridgehead atoms. The largest absolute Gasteiger partial charge is 0.192 e. The van der Waals surface area contributed by atoms with Crippen LogP contribution >= 0.6 is 0 Å². The molecule has 272 valence electrons. The van der Waals surface area contributed by atoms with E-state index in [9.17, 15) is 10.5 Å². The van der Waals surface area contributed by atoms with E-state index in [2.05, 4.69) is 182 Å². The lowest BCUT2D eigenvalue weighted by Gasteiger charge is -2.18. The third-order valence-electron chi connectivity index (χ3n) is 10.3. The minimum atomic E-state index is 0.325. The molecular formula is C56H38N2. The van der Waals surface area contributed by atoms with E-state index in [4.69, 9.17) is 0 Å². The molecule has 0 aliphatic rings. The van der Waals surface area contributed by atoms with Crippen LogP contribution in [0.1, 0.15) is 55.6 Å². The fourth-order valence-corrected chi connectivity index (χ4v) is 7.59. The van der Waals surface area contributed by atoms with Gasteiger partial charge in [-0.1, -0.05) is 231 Å². The van der Waals surface area contributed by atoms with Crippen LogP contribution in [-0.2, 0) is 0 Å². The summed E-state index contributed by atoms with van der Waals surface area (Å²) in [4.78, 5) is 0. The second-order valence-corrected chi connectivity index (χ2v) is 13.8. The number of nitrogens with zero attached hydrogens (tertiary/aromatic N) is 2. The van der Waals surface area contributed by atoms with Crippen LogP contribution in [0.3, 0.4) is 0 Å². The summed E-state index contributed by atoms with van der Waals surface area (Å²) < 4.78 is 0. The molecule has 0 aliphatic heterocycles. The Kier molecular flexibility index (Phi) is 11.2. The molecule has 0 saturated carbocycles. The van der Waals surface area contributed by atoms with E-state index < -0.39 is 0 Å². The predicted molar refractivity (Wildman–Crippen MR) is 240 cm³/mol. The fraction of sp³-hybridized carbons (Fsp3) is 0. The van der Waals surface area contributed by atoms with E-state index in [1.54, 1.807) is 0 Å². The monoisotopic (exact) mass is 738 g/mol. The average molecular weight is 739 g/mol. The van der Waals surface area contributed by atoms with Gasteiger partial charge in [-0.25, -0.2) is 0 Å². The molecule has 0 fully saturated rings. The van der Waals surface area contributed by atoms with Crippen molar-refractivity contribution in [1.82, 2.24) is 0 Å². The van der Waals surface area contributed by atoms with Crippen molar-refractivity contribution in [2.75, 3.05) is 0 Å². The SMILES string of the molecule is N#C/C(=C(/C#N)c1ccc(C(=C(c2ccccc2)c2ccccc2)c2ccccc2)cc1)c1ccc(C(=C(c2ccccc2)c2ccccc2)c2ccccc2)cc1. The zero-order chi connectivity index (χ0) is 39.5. The van der Waals surface area contributed by atoms with Gasteiger partial charge in [0.2, 0.25) is 0 Å². The van der Waals surface area contributed by atoms with Crippen molar-refractivity contribution >= 4 is 33.4 Å². The Hall–Kier alpha value is -8.04. The van der Waals surface area contributed by atoms with Crippen molar-refractivity contribution in [3.63, 3.8) is 0 Å². The van der Waals surface area contributed by atoms with Crippen molar-refractivity contribution in [3.05, 3.63) is 286 Å². The smallest absolute Gasteiger partial charge is 0.101 e. The molecule has 0 radical (unpaired) electrons. The summed E-state index contributed by atoms with van der Waals surface area (Å²) in [5.41, 5.74) is 15.0. The van der Waals surface area contributed by atoms with Gasteiger partial charge in [-0.15, -0.1) is 0 Å². The Bertz CT molecular complexity index is 2520. The van der Waals surface area contributed by atoms with Crippen molar-refractivity contribution in [2.24, 2.45) is 0 Å². The maximum absolute atomic E-state index is 10.6. The molecule has 0 N–H and O–H groups in total. The van der Waals surface area contributed by atoms with Crippen molar-refractivity contribution in [3.8, 4) is 12.1 Å². The molecule has 8 aromatic rings. The topological polar surface area (TPSA) is 47.6 Å². The first kappa shape index (κ1) is 36.9. The summed E-state index contributed by atoms with van der Waals surface area (Å²) in [7, 11) is 0. The van der Waals surface area contributed by atoms with Crippen LogP contribution in [0.4, 0.5) is 0 Å². The number of hydrogen-bond donors (Lipinski definition) is 0. The van der Waals surface area contributed by atoms with Crippen molar-refractivity contribution in [1.29, 1.82) is 10.5 Å². The van der Waals surface area contributed by atoms with Crippen molar-refractivity contribution in [2.45, 2.75) is 0 Å². The Labute approximate surface area is 340 Å². The molecule has 0 aliphatic carbocycles. The summed E-state index contributed by atoms with van der Waals surface area (Å²) in [6.45, 7) is 0. The van der Waals surface area contributed by atoms with Gasteiger partial charge >= 0.3 is 0 Å². The molecule has 0 spiro atoms. The molecule has 8 aromatic carbocycles. The maximum atomic E-state index is 10.6. The summed E-state index contributed by atoms with van der Waals surface area (Å²) in [6.07, 6.45) is 0. The molecule has 0 atom stereocenters. The Morgan fingerprint density at radius 2 is 0.362 bits per heavy atom. The zero-order valence-electron chi connectivity index (χ0n) is 31.8. The van der Waals surface area contributed by atoms with Gasteiger partial charge in [-0.05, 0) is 77.9 Å². The highest BCUT2D eigenvalue weighted by Crippen LogP contribution is 2.39. The molecule has 0 aromatic heterocycles. The second kappa shape index (κ2) is 17.6. The zero-order valence-corrected chi connectivity index (χ0v) is 31.8. The number of benzene rings is 8. The van der Waals surface area contributed by atoms with E-state index >= 15 is 0 Å². The summed E-state index contributed by atoms with van der Waals surface area (Å²) in [5, 5.41) is 21.3. The first-order valence-electron chi connectivity index (χ1n) is 19.3. The highest BCUT2D eigenvalue weighted by Gasteiger charge is 2.19. The lowest BCUT2D eigenvalue weighted by Crippen LogP contribution is -1.98. The molecule has 8 rings (SSSR count). The van der Waals surface area contributed by atoms with Gasteiger partial charge < -0.3 is 0 Å². The van der Waals surface area contributed by atoms with Crippen LogP contribution in [0.15, 0.2) is 231 Å². The molecule has 0 saturated heterocycles. The van der Waals surface area contributed by atoms with E-state index in [1.807, 2.05) is 60.7 Å². The molecule has 58 heavy (non-hydrogen) atoms. The van der Waals surface area contributed by atoms with E-state index in [-0.39, 0.29) is 0 Å². The standard InChI is InChI=1S/C56H38N2/c57-39-51(41-31-35-49(36-32-41)55(47-27-15-5-16-28-47)53(43-19-7-1-8-20-43)44-21-9-2-10-22-44)52(40-58)42-33-37-50(38-34-42)56(48-29-17-6-18-30-48)54(45-23-11-3-12-24-45)46-25-13-4-14-26-46/h1-38H/b52-51+. The molecule has 0 unspecified atom stereocenters. The first-order valence-corrected chi connectivity index (χ1v) is 19.3. The van der Waals surface area contributed by atoms with Crippen LogP contribution in [0.25, 0.3) is 33.4 Å². The lowest BCUT2D eigenvalue weighted by molar-refractivity contribution is 1.47. The maximum Gasteiger partial charge on any atom is 0.101 e. The molecule has 2 heteroatoms. The Morgan fingerprint density at radius 3 is 0.534 bits per heavy atom. The quantitative estimate of drug-likeness (QED) is 0.104. The van der Waals surface area contributed by atoms with Crippen LogP contribution in [0.2, 0.25) is 0 Å². The van der Waals surface area contributed by atoms with Gasteiger partial charge in [0, 0.05) is 0 Å². The summed E-state index contributed by atoms with van der Waals surface area (Å²) in [5.74, 6) is 0. The highest BCUT2D eigenvalue weighted by atomic mass is 14.3. The second-order valence-electron chi connectivity index (χ2n) is 13.8. The van der Waals surface area contributed by atoms with Crippen LogP contribution in [0.5, 0.6) is 0 Å². The number of rotatable bonds is 10. The van der Waals surface area contributed by atoms with Crippen molar-refractivity contribution < 1.29 is 0 Å². The minimum absolute atomic E-state index is 0.325. The van der Waals surface area contributed by atoms with Gasteiger partial charge in [0.05, 0.1) is 11.1 Å². The first-order chi connectivity index (χ1) is 28.7. The van der Waals surface area contributed by atoms with Crippen LogP contribution < -0.4 is 0 Å². The molecular weight excluding hydrogens is 701 g/mol. The lowest BCUT2D eigenvalue weighted by atomic mass is 9.84. The van der Waals surface area contributed by atoms with Gasteiger partial charge in [-0.3, -0.25) is 0 Å². The normalized spacial score (nSPS) is 11.0. The van der Waals surface area contributed by atoms with Crippen LogP contribution in [0, 0.1) is 22.7 Å². The summed E-state index contributed by atoms with van der Waals surface area (Å²) in [6, 6.07) is 83.4. The third-order valence-corrected chi connectivity index (χ3v) is 10.3. The predicted octanol–water partition coefficient (Wildman–Crippen LogP) is 13.7. The Balaban J connectivity index is 1.24. The summed E-state index contributed by atoms with van der Waals surface area (Å²) >= 11 is 0. The fourth-order valence-electron chi connectivity index (χ4n) is 7.59. The van der Waals surface area contributed by atoms with Crippen LogP contribution in [-0.4, -0.2) is 0 Å². The highest BCUT2D eigenvalue weighted by molar-refractivity contribution is 6.07. The van der Waals surface area contributed by atoms with Gasteiger partial charge in [0.15, 0.2) is 0 Å².